The van der Waals surface area contributed by atoms with Gasteiger partial charge in [0.25, 0.3) is 0 Å². The predicted octanol–water partition coefficient (Wildman–Crippen LogP) is 2.86. The van der Waals surface area contributed by atoms with Crippen LogP contribution in [0.4, 0.5) is 4.79 Å². The molecule has 1 heterocycles. The van der Waals surface area contributed by atoms with E-state index >= 15 is 0 Å². The van der Waals surface area contributed by atoms with Gasteiger partial charge in [-0.3, -0.25) is 4.79 Å². The van der Waals surface area contributed by atoms with Gasteiger partial charge in [0.2, 0.25) is 5.91 Å². The predicted molar refractivity (Wildman–Crippen MR) is 97.0 cm³/mol. The minimum Gasteiger partial charge on any atom is -0.339 e. The summed E-state index contributed by atoms with van der Waals surface area (Å²) in [6.45, 7) is 8.68. The van der Waals surface area contributed by atoms with Crippen LogP contribution >= 0.6 is 0 Å². The number of amides is 3. The molecular weight excluding hydrogens is 314 g/mol. The molecule has 1 N–H and O–H groups in total. The molecule has 5 heteroatoms. The maximum atomic E-state index is 13.4. The van der Waals surface area contributed by atoms with Crippen LogP contribution < -0.4 is 5.32 Å². The smallest absolute Gasteiger partial charge is 0.317 e. The van der Waals surface area contributed by atoms with Crippen molar-refractivity contribution >= 4 is 11.9 Å². The molecule has 1 saturated heterocycles. The van der Waals surface area contributed by atoms with Crippen LogP contribution in [0, 0.1) is 23.2 Å². The van der Waals surface area contributed by atoms with E-state index in [9.17, 15) is 9.59 Å². The molecule has 4 saturated carbocycles. The van der Waals surface area contributed by atoms with E-state index < -0.39 is 0 Å². The van der Waals surface area contributed by atoms with Crippen molar-refractivity contribution in [1.29, 1.82) is 0 Å². The second-order valence-corrected chi connectivity index (χ2v) is 10.2. The number of nitrogens with one attached hydrogen (secondary N) is 1. The molecule has 0 radical (unpaired) electrons. The molecule has 140 valence electrons. The SMILES string of the molecule is CC(C)(C)NC(=O)N1CCN(C(=O)C23CC4CC(CC(C4)C2)C3)CC1. The first kappa shape index (κ1) is 17.2. The van der Waals surface area contributed by atoms with Gasteiger partial charge in [-0.25, -0.2) is 4.79 Å². The van der Waals surface area contributed by atoms with Crippen LogP contribution in [0.15, 0.2) is 0 Å². The number of hydrogen-bond acceptors (Lipinski definition) is 2. The van der Waals surface area contributed by atoms with Crippen LogP contribution in [0.3, 0.4) is 0 Å². The average Bonchev–Trinajstić information content (AvgIpc) is 2.51. The lowest BCUT2D eigenvalue weighted by molar-refractivity contribution is -0.159. The Labute approximate surface area is 151 Å². The monoisotopic (exact) mass is 347 g/mol. The van der Waals surface area contributed by atoms with Gasteiger partial charge < -0.3 is 15.1 Å². The molecule has 0 atom stereocenters. The van der Waals surface area contributed by atoms with E-state index in [0.29, 0.717) is 32.1 Å². The van der Waals surface area contributed by atoms with Gasteiger partial charge in [0, 0.05) is 31.7 Å². The van der Waals surface area contributed by atoms with Crippen LogP contribution in [0.25, 0.3) is 0 Å². The van der Waals surface area contributed by atoms with E-state index in [-0.39, 0.29) is 17.0 Å². The molecule has 5 aliphatic rings. The van der Waals surface area contributed by atoms with Gasteiger partial charge in [-0.15, -0.1) is 0 Å². The third-order valence-electron chi connectivity index (χ3n) is 6.83. The van der Waals surface area contributed by atoms with Crippen molar-refractivity contribution in [3.8, 4) is 0 Å². The highest BCUT2D eigenvalue weighted by Gasteiger charge is 2.55. The molecule has 5 rings (SSSR count). The maximum Gasteiger partial charge on any atom is 0.317 e. The van der Waals surface area contributed by atoms with Crippen LogP contribution in [0.1, 0.15) is 59.3 Å². The summed E-state index contributed by atoms with van der Waals surface area (Å²) in [4.78, 5) is 29.6. The van der Waals surface area contributed by atoms with Gasteiger partial charge in [0.05, 0.1) is 5.41 Å². The van der Waals surface area contributed by atoms with Crippen molar-refractivity contribution < 1.29 is 9.59 Å². The number of carbonyl (C=O) groups is 2. The quantitative estimate of drug-likeness (QED) is 0.793. The Morgan fingerprint density at radius 2 is 1.28 bits per heavy atom. The summed E-state index contributed by atoms with van der Waals surface area (Å²) < 4.78 is 0. The topological polar surface area (TPSA) is 52.7 Å². The van der Waals surface area contributed by atoms with Crippen molar-refractivity contribution in [2.75, 3.05) is 26.2 Å². The Balaban J connectivity index is 1.37. The fourth-order valence-corrected chi connectivity index (χ4v) is 6.22. The van der Waals surface area contributed by atoms with Crippen molar-refractivity contribution in [3.63, 3.8) is 0 Å². The van der Waals surface area contributed by atoms with Crippen molar-refractivity contribution in [2.24, 2.45) is 23.2 Å². The first-order valence-electron chi connectivity index (χ1n) is 10.1. The molecule has 0 spiro atoms. The molecule has 0 aromatic rings. The third kappa shape index (κ3) is 3.26. The molecule has 5 nitrogen and oxygen atoms in total. The summed E-state index contributed by atoms with van der Waals surface area (Å²) >= 11 is 0. The summed E-state index contributed by atoms with van der Waals surface area (Å²) in [5.74, 6) is 2.81. The number of hydrogen-bond donors (Lipinski definition) is 1. The molecule has 4 bridgehead atoms. The molecule has 0 aromatic heterocycles. The average molecular weight is 348 g/mol. The summed E-state index contributed by atoms with van der Waals surface area (Å²) in [5, 5.41) is 3.03. The molecule has 4 aliphatic carbocycles. The minimum absolute atomic E-state index is 0.00518. The second kappa shape index (κ2) is 5.88. The molecule has 25 heavy (non-hydrogen) atoms. The number of carbonyl (C=O) groups excluding carboxylic acids is 2. The fourth-order valence-electron chi connectivity index (χ4n) is 6.22. The second-order valence-electron chi connectivity index (χ2n) is 10.2. The number of piperazine rings is 1. The summed E-state index contributed by atoms with van der Waals surface area (Å²) in [5.41, 5.74) is -0.270. The summed E-state index contributed by atoms with van der Waals surface area (Å²) in [6.07, 6.45) is 7.49. The molecule has 1 aliphatic heterocycles. The first-order chi connectivity index (χ1) is 11.7. The van der Waals surface area contributed by atoms with Gasteiger partial charge in [0.15, 0.2) is 0 Å². The molecular formula is C20H33N3O2. The summed E-state index contributed by atoms with van der Waals surface area (Å²) in [7, 11) is 0. The number of rotatable bonds is 1. The Kier molecular flexibility index (Phi) is 4.04. The third-order valence-corrected chi connectivity index (χ3v) is 6.83. The van der Waals surface area contributed by atoms with Crippen molar-refractivity contribution in [3.05, 3.63) is 0 Å². The molecule has 5 fully saturated rings. The zero-order chi connectivity index (χ0) is 17.8. The lowest BCUT2D eigenvalue weighted by Gasteiger charge is -2.57. The minimum atomic E-state index is -0.219. The molecule has 0 unspecified atom stereocenters. The Morgan fingerprint density at radius 1 is 0.840 bits per heavy atom. The first-order valence-corrected chi connectivity index (χ1v) is 10.1. The van der Waals surface area contributed by atoms with Crippen LogP contribution in [0.2, 0.25) is 0 Å². The number of urea groups is 1. The van der Waals surface area contributed by atoms with Gasteiger partial charge >= 0.3 is 6.03 Å². The Morgan fingerprint density at radius 3 is 1.72 bits per heavy atom. The Hall–Kier alpha value is -1.26. The van der Waals surface area contributed by atoms with Crippen LogP contribution in [-0.4, -0.2) is 53.5 Å². The largest absolute Gasteiger partial charge is 0.339 e. The fraction of sp³-hybridized carbons (Fsp3) is 0.900. The van der Waals surface area contributed by atoms with Gasteiger partial charge in [-0.1, -0.05) is 0 Å². The molecule has 0 aromatic carbocycles. The lowest BCUT2D eigenvalue weighted by Crippen LogP contribution is -2.60. The van der Waals surface area contributed by atoms with Crippen LogP contribution in [0.5, 0.6) is 0 Å². The van der Waals surface area contributed by atoms with Crippen LogP contribution in [-0.2, 0) is 4.79 Å². The van der Waals surface area contributed by atoms with E-state index in [4.69, 9.17) is 0 Å². The van der Waals surface area contributed by atoms with Gasteiger partial charge in [-0.05, 0) is 77.0 Å². The zero-order valence-corrected chi connectivity index (χ0v) is 16.0. The zero-order valence-electron chi connectivity index (χ0n) is 16.0. The maximum absolute atomic E-state index is 13.4. The van der Waals surface area contributed by atoms with E-state index in [1.807, 2.05) is 25.7 Å². The highest BCUT2D eigenvalue weighted by atomic mass is 16.2. The highest BCUT2D eigenvalue weighted by Crippen LogP contribution is 2.60. The van der Waals surface area contributed by atoms with Gasteiger partial charge in [0.1, 0.15) is 0 Å². The summed E-state index contributed by atoms with van der Waals surface area (Å²) in [6, 6.07) is -0.00518. The molecule has 3 amide bonds. The number of nitrogens with zero attached hydrogens (tertiary/aromatic N) is 2. The lowest BCUT2D eigenvalue weighted by atomic mass is 9.49. The van der Waals surface area contributed by atoms with Crippen molar-refractivity contribution in [2.45, 2.75) is 64.8 Å². The van der Waals surface area contributed by atoms with Crippen molar-refractivity contribution in [1.82, 2.24) is 15.1 Å². The Bertz CT molecular complexity index is 522. The normalized spacial score (nSPS) is 37.3. The van der Waals surface area contributed by atoms with Gasteiger partial charge in [-0.2, -0.15) is 0 Å². The van der Waals surface area contributed by atoms with E-state index in [2.05, 4.69) is 10.2 Å². The van der Waals surface area contributed by atoms with E-state index in [1.54, 1.807) is 0 Å². The van der Waals surface area contributed by atoms with E-state index in [1.165, 1.54) is 19.3 Å². The standard InChI is InChI=1S/C20H33N3O2/c1-19(2,3)21-18(25)23-6-4-22(5-7-23)17(24)20-11-14-8-15(12-20)10-16(9-14)13-20/h14-16H,4-13H2,1-3H3,(H,21,25). The highest BCUT2D eigenvalue weighted by molar-refractivity contribution is 5.84. The van der Waals surface area contributed by atoms with E-state index in [0.717, 1.165) is 37.0 Å².